The molecule has 2 aliphatic carbocycles. The van der Waals surface area contributed by atoms with Crippen LogP contribution in [0.1, 0.15) is 44.9 Å². The lowest BCUT2D eigenvalue weighted by Crippen LogP contribution is -2.50. The summed E-state index contributed by atoms with van der Waals surface area (Å²) in [4.78, 5) is 23.0. The highest BCUT2D eigenvalue weighted by Gasteiger charge is 2.35. The third-order valence-corrected chi connectivity index (χ3v) is 3.67. The van der Waals surface area contributed by atoms with Gasteiger partial charge in [0.2, 0.25) is 11.8 Å². The maximum Gasteiger partial charge on any atom is 0.240 e. The van der Waals surface area contributed by atoms with Crippen LogP contribution >= 0.6 is 0 Å². The molecule has 2 fully saturated rings. The largest absolute Gasteiger partial charge is 0.368 e. The summed E-state index contributed by atoms with van der Waals surface area (Å²) < 4.78 is 0. The average molecular weight is 224 g/mol. The summed E-state index contributed by atoms with van der Waals surface area (Å²) in [6.07, 6.45) is 7.47. The first-order valence-corrected chi connectivity index (χ1v) is 6.28. The Labute approximate surface area is 96.0 Å². The van der Waals surface area contributed by atoms with Crippen LogP contribution in [0.2, 0.25) is 0 Å². The molecule has 0 aromatic heterocycles. The lowest BCUT2D eigenvalue weighted by Gasteiger charge is -2.28. The molecule has 90 valence electrons. The highest BCUT2D eigenvalue weighted by molar-refractivity contribution is 5.88. The standard InChI is InChI=1S/C12H20N2O2/c13-11(15)10(8-4-2-1-3-5-8)14-12(16)9-6-7-9/h8-10H,1-7H2,(H2,13,15)(H,14,16)/t10-/m1/s1. The van der Waals surface area contributed by atoms with E-state index in [-0.39, 0.29) is 23.7 Å². The molecule has 1 atom stereocenters. The van der Waals surface area contributed by atoms with Gasteiger partial charge in [0.05, 0.1) is 0 Å². The van der Waals surface area contributed by atoms with Gasteiger partial charge in [-0.15, -0.1) is 0 Å². The number of hydrogen-bond donors (Lipinski definition) is 2. The highest BCUT2D eigenvalue weighted by Crippen LogP contribution is 2.30. The molecule has 0 heterocycles. The van der Waals surface area contributed by atoms with Crippen LogP contribution in [-0.4, -0.2) is 17.9 Å². The Balaban J connectivity index is 1.92. The van der Waals surface area contributed by atoms with Gasteiger partial charge in [0.25, 0.3) is 0 Å². The maximum absolute atomic E-state index is 11.6. The number of amides is 2. The summed E-state index contributed by atoms with van der Waals surface area (Å²) in [5.74, 6) is 0.0506. The molecule has 2 rings (SSSR count). The smallest absolute Gasteiger partial charge is 0.240 e. The van der Waals surface area contributed by atoms with Gasteiger partial charge < -0.3 is 11.1 Å². The first kappa shape index (κ1) is 11.4. The van der Waals surface area contributed by atoms with Crippen molar-refractivity contribution < 1.29 is 9.59 Å². The molecule has 2 amide bonds. The Morgan fingerprint density at radius 1 is 1.06 bits per heavy atom. The molecule has 0 spiro atoms. The predicted molar refractivity (Wildman–Crippen MR) is 60.4 cm³/mol. The Hall–Kier alpha value is -1.06. The van der Waals surface area contributed by atoms with Crippen LogP contribution < -0.4 is 11.1 Å². The van der Waals surface area contributed by atoms with E-state index < -0.39 is 6.04 Å². The van der Waals surface area contributed by atoms with Crippen LogP contribution in [0.15, 0.2) is 0 Å². The van der Waals surface area contributed by atoms with Gasteiger partial charge in [0.1, 0.15) is 6.04 Å². The van der Waals surface area contributed by atoms with Crippen molar-refractivity contribution in [3.05, 3.63) is 0 Å². The Morgan fingerprint density at radius 3 is 2.19 bits per heavy atom. The van der Waals surface area contributed by atoms with Crippen molar-refractivity contribution >= 4 is 11.8 Å². The SMILES string of the molecule is NC(=O)[C@H](NC(=O)C1CC1)C1CCCCC1. The van der Waals surface area contributed by atoms with Crippen molar-refractivity contribution in [1.82, 2.24) is 5.32 Å². The van der Waals surface area contributed by atoms with E-state index in [1.54, 1.807) is 0 Å². The molecule has 16 heavy (non-hydrogen) atoms. The van der Waals surface area contributed by atoms with Gasteiger partial charge in [-0.25, -0.2) is 0 Å². The normalized spacial score (nSPS) is 23.8. The zero-order chi connectivity index (χ0) is 11.5. The molecule has 4 nitrogen and oxygen atoms in total. The summed E-state index contributed by atoms with van der Waals surface area (Å²) in [6.45, 7) is 0. The molecule has 0 saturated heterocycles. The van der Waals surface area contributed by atoms with Gasteiger partial charge in [-0.05, 0) is 31.6 Å². The van der Waals surface area contributed by atoms with Gasteiger partial charge >= 0.3 is 0 Å². The summed E-state index contributed by atoms with van der Waals surface area (Å²) in [7, 11) is 0. The minimum absolute atomic E-state index is 0.0226. The Bertz CT molecular complexity index is 281. The minimum Gasteiger partial charge on any atom is -0.368 e. The van der Waals surface area contributed by atoms with Crippen molar-refractivity contribution in [3.8, 4) is 0 Å². The number of rotatable bonds is 4. The van der Waals surface area contributed by atoms with Crippen molar-refractivity contribution in [3.63, 3.8) is 0 Å². The lowest BCUT2D eigenvalue weighted by atomic mass is 9.83. The van der Waals surface area contributed by atoms with Crippen LogP contribution in [0.5, 0.6) is 0 Å². The second-order valence-electron chi connectivity index (χ2n) is 5.06. The zero-order valence-corrected chi connectivity index (χ0v) is 9.58. The molecule has 0 unspecified atom stereocenters. The van der Waals surface area contributed by atoms with Crippen LogP contribution in [0, 0.1) is 11.8 Å². The topological polar surface area (TPSA) is 72.2 Å². The third-order valence-electron chi connectivity index (χ3n) is 3.67. The fourth-order valence-electron chi connectivity index (χ4n) is 2.51. The summed E-state index contributed by atoms with van der Waals surface area (Å²) >= 11 is 0. The summed E-state index contributed by atoms with van der Waals surface area (Å²) in [5, 5.41) is 2.83. The molecule has 0 aromatic rings. The molecule has 2 saturated carbocycles. The zero-order valence-electron chi connectivity index (χ0n) is 9.58. The number of nitrogens with two attached hydrogens (primary N) is 1. The van der Waals surface area contributed by atoms with Crippen molar-refractivity contribution in [2.45, 2.75) is 51.0 Å². The molecule has 0 aromatic carbocycles. The van der Waals surface area contributed by atoms with Gasteiger partial charge in [-0.3, -0.25) is 9.59 Å². The van der Waals surface area contributed by atoms with Gasteiger partial charge in [0.15, 0.2) is 0 Å². The van der Waals surface area contributed by atoms with Gasteiger partial charge in [-0.1, -0.05) is 19.3 Å². The molecular weight excluding hydrogens is 204 g/mol. The van der Waals surface area contributed by atoms with E-state index in [0.29, 0.717) is 0 Å². The number of hydrogen-bond acceptors (Lipinski definition) is 2. The van der Waals surface area contributed by atoms with E-state index in [9.17, 15) is 9.59 Å². The van der Waals surface area contributed by atoms with Crippen molar-refractivity contribution in [1.29, 1.82) is 0 Å². The van der Waals surface area contributed by atoms with E-state index in [1.165, 1.54) is 6.42 Å². The summed E-state index contributed by atoms with van der Waals surface area (Å²) in [6, 6.07) is -0.437. The minimum atomic E-state index is -0.437. The van der Waals surface area contributed by atoms with E-state index >= 15 is 0 Å². The number of carbonyl (C=O) groups excluding carboxylic acids is 2. The van der Waals surface area contributed by atoms with E-state index in [0.717, 1.165) is 38.5 Å². The van der Waals surface area contributed by atoms with Crippen molar-refractivity contribution in [2.75, 3.05) is 0 Å². The van der Waals surface area contributed by atoms with Crippen LogP contribution in [0.4, 0.5) is 0 Å². The quantitative estimate of drug-likeness (QED) is 0.746. The van der Waals surface area contributed by atoms with E-state index in [1.807, 2.05) is 0 Å². The molecule has 0 radical (unpaired) electrons. The van der Waals surface area contributed by atoms with E-state index in [2.05, 4.69) is 5.32 Å². The second-order valence-corrected chi connectivity index (χ2v) is 5.06. The molecule has 4 heteroatoms. The fraction of sp³-hybridized carbons (Fsp3) is 0.833. The number of carbonyl (C=O) groups is 2. The monoisotopic (exact) mass is 224 g/mol. The van der Waals surface area contributed by atoms with Crippen LogP contribution in [-0.2, 0) is 9.59 Å². The van der Waals surface area contributed by atoms with Crippen LogP contribution in [0.3, 0.4) is 0 Å². The number of nitrogens with one attached hydrogen (secondary N) is 1. The maximum atomic E-state index is 11.6. The number of primary amides is 1. The van der Waals surface area contributed by atoms with Crippen LogP contribution in [0.25, 0.3) is 0 Å². The molecular formula is C12H20N2O2. The molecule has 3 N–H and O–H groups in total. The van der Waals surface area contributed by atoms with Crippen molar-refractivity contribution in [2.24, 2.45) is 17.6 Å². The van der Waals surface area contributed by atoms with Gasteiger partial charge in [-0.2, -0.15) is 0 Å². The highest BCUT2D eigenvalue weighted by atomic mass is 16.2. The lowest BCUT2D eigenvalue weighted by molar-refractivity contribution is -0.129. The third kappa shape index (κ3) is 2.74. The van der Waals surface area contributed by atoms with Gasteiger partial charge in [0, 0.05) is 5.92 Å². The van der Waals surface area contributed by atoms with E-state index in [4.69, 9.17) is 5.73 Å². The predicted octanol–water partition coefficient (Wildman–Crippen LogP) is 0.947. The second kappa shape index (κ2) is 4.85. The molecule has 2 aliphatic rings. The Morgan fingerprint density at radius 2 is 1.69 bits per heavy atom. The molecule has 0 aliphatic heterocycles. The first-order chi connectivity index (χ1) is 7.68. The fourth-order valence-corrected chi connectivity index (χ4v) is 2.51. The summed E-state index contributed by atoms with van der Waals surface area (Å²) in [5.41, 5.74) is 5.38. The average Bonchev–Trinajstić information content (AvgIpc) is 3.10. The first-order valence-electron chi connectivity index (χ1n) is 6.28. The Kier molecular flexibility index (Phi) is 3.46. The molecule has 0 bridgehead atoms.